The third kappa shape index (κ3) is 6.38. The highest BCUT2D eigenvalue weighted by Crippen LogP contribution is 2.26. The minimum Gasteiger partial charge on any atom is -0.492 e. The van der Waals surface area contributed by atoms with Gasteiger partial charge in [-0.3, -0.25) is 0 Å². The lowest BCUT2D eigenvalue weighted by Crippen LogP contribution is -2.19. The number of nitrogens with one attached hydrogen (secondary N) is 1. The fourth-order valence-corrected chi connectivity index (χ4v) is 2.94. The summed E-state index contributed by atoms with van der Waals surface area (Å²) in [6.45, 7) is 2.75. The fourth-order valence-electron chi connectivity index (χ4n) is 2.94. The van der Waals surface area contributed by atoms with E-state index in [1.54, 1.807) is 0 Å². The molecule has 1 N–H and O–H groups in total. The second-order valence-corrected chi connectivity index (χ2v) is 6.40. The number of rotatable bonds is 8. The molecule has 1 aliphatic carbocycles. The van der Waals surface area contributed by atoms with Gasteiger partial charge in [0.25, 0.3) is 0 Å². The SMILES string of the molecule is CN(C)CCOc1cccc(NCCC2CCCCC2)c1. The summed E-state index contributed by atoms with van der Waals surface area (Å²) in [5.41, 5.74) is 1.17. The second-order valence-electron chi connectivity index (χ2n) is 6.40. The third-order valence-corrected chi connectivity index (χ3v) is 4.25. The molecule has 0 amide bonds. The topological polar surface area (TPSA) is 24.5 Å². The second kappa shape index (κ2) is 8.93. The molecule has 0 heterocycles. The minimum absolute atomic E-state index is 0.735. The van der Waals surface area contributed by atoms with E-state index in [-0.39, 0.29) is 0 Å². The monoisotopic (exact) mass is 290 g/mol. The smallest absolute Gasteiger partial charge is 0.121 e. The van der Waals surface area contributed by atoms with Crippen LogP contribution < -0.4 is 10.1 Å². The van der Waals surface area contributed by atoms with Gasteiger partial charge in [-0.25, -0.2) is 0 Å². The largest absolute Gasteiger partial charge is 0.492 e. The summed E-state index contributed by atoms with van der Waals surface area (Å²) in [6, 6.07) is 8.33. The Bertz CT molecular complexity index is 400. The number of anilines is 1. The molecule has 1 saturated carbocycles. The van der Waals surface area contributed by atoms with E-state index in [4.69, 9.17) is 4.74 Å². The summed E-state index contributed by atoms with van der Waals surface area (Å²) in [6.07, 6.45) is 8.45. The van der Waals surface area contributed by atoms with Crippen LogP contribution >= 0.6 is 0 Å². The molecule has 0 unspecified atom stereocenters. The van der Waals surface area contributed by atoms with Crippen LogP contribution in [0.2, 0.25) is 0 Å². The van der Waals surface area contributed by atoms with Gasteiger partial charge in [0.2, 0.25) is 0 Å². The van der Waals surface area contributed by atoms with Crippen LogP contribution in [0.15, 0.2) is 24.3 Å². The van der Waals surface area contributed by atoms with Gasteiger partial charge < -0.3 is 15.0 Å². The molecule has 1 fully saturated rings. The van der Waals surface area contributed by atoms with Crippen molar-refractivity contribution in [1.82, 2.24) is 4.90 Å². The Balaban J connectivity index is 1.70. The van der Waals surface area contributed by atoms with Gasteiger partial charge in [0.15, 0.2) is 0 Å². The van der Waals surface area contributed by atoms with Crippen LogP contribution in [0, 0.1) is 5.92 Å². The maximum absolute atomic E-state index is 5.77. The van der Waals surface area contributed by atoms with Gasteiger partial charge >= 0.3 is 0 Å². The molecule has 1 aromatic rings. The molecule has 3 heteroatoms. The van der Waals surface area contributed by atoms with E-state index in [2.05, 4.69) is 42.5 Å². The van der Waals surface area contributed by atoms with Crippen LogP contribution in [-0.4, -0.2) is 38.7 Å². The fraction of sp³-hybridized carbons (Fsp3) is 0.667. The predicted octanol–water partition coefficient (Wildman–Crippen LogP) is 4.01. The maximum atomic E-state index is 5.77. The van der Waals surface area contributed by atoms with Gasteiger partial charge in [-0.15, -0.1) is 0 Å². The molecule has 0 aliphatic heterocycles. The van der Waals surface area contributed by atoms with E-state index < -0.39 is 0 Å². The van der Waals surface area contributed by atoms with E-state index in [9.17, 15) is 0 Å². The molecule has 0 bridgehead atoms. The van der Waals surface area contributed by atoms with Crippen molar-refractivity contribution in [2.45, 2.75) is 38.5 Å². The Morgan fingerprint density at radius 1 is 1.19 bits per heavy atom. The number of benzene rings is 1. The average molecular weight is 290 g/mol. The Morgan fingerprint density at radius 3 is 2.76 bits per heavy atom. The van der Waals surface area contributed by atoms with Gasteiger partial charge in [0.05, 0.1) is 0 Å². The zero-order valence-electron chi connectivity index (χ0n) is 13.6. The molecule has 1 aromatic carbocycles. The van der Waals surface area contributed by atoms with Crippen LogP contribution in [0.4, 0.5) is 5.69 Å². The van der Waals surface area contributed by atoms with Crippen molar-refractivity contribution in [3.63, 3.8) is 0 Å². The molecule has 2 rings (SSSR count). The molecule has 21 heavy (non-hydrogen) atoms. The molecule has 0 spiro atoms. The zero-order chi connectivity index (χ0) is 14.9. The summed E-state index contributed by atoms with van der Waals surface area (Å²) in [5.74, 6) is 1.89. The van der Waals surface area contributed by atoms with Gasteiger partial charge in [0, 0.05) is 24.8 Å². The highest BCUT2D eigenvalue weighted by Gasteiger charge is 2.12. The number of hydrogen-bond donors (Lipinski definition) is 1. The number of nitrogens with zero attached hydrogens (tertiary/aromatic N) is 1. The Kier molecular flexibility index (Phi) is 6.87. The number of ether oxygens (including phenoxy) is 1. The predicted molar refractivity (Wildman–Crippen MR) is 90.2 cm³/mol. The maximum Gasteiger partial charge on any atom is 0.121 e. The molecular weight excluding hydrogens is 260 g/mol. The average Bonchev–Trinajstić information content (AvgIpc) is 2.48. The van der Waals surface area contributed by atoms with Crippen LogP contribution in [0.1, 0.15) is 38.5 Å². The first kappa shape index (κ1) is 16.2. The molecule has 118 valence electrons. The van der Waals surface area contributed by atoms with E-state index in [1.807, 2.05) is 6.07 Å². The van der Waals surface area contributed by atoms with E-state index in [0.717, 1.165) is 31.4 Å². The van der Waals surface area contributed by atoms with Crippen LogP contribution in [0.3, 0.4) is 0 Å². The van der Waals surface area contributed by atoms with Gasteiger partial charge in [0.1, 0.15) is 12.4 Å². The number of hydrogen-bond acceptors (Lipinski definition) is 3. The first-order valence-electron chi connectivity index (χ1n) is 8.35. The first-order valence-corrected chi connectivity index (χ1v) is 8.35. The molecule has 3 nitrogen and oxygen atoms in total. The normalized spacial score (nSPS) is 16.1. The minimum atomic E-state index is 0.735. The highest BCUT2D eigenvalue weighted by atomic mass is 16.5. The van der Waals surface area contributed by atoms with Crippen LogP contribution in [-0.2, 0) is 0 Å². The lowest BCUT2D eigenvalue weighted by Gasteiger charge is -2.21. The van der Waals surface area contributed by atoms with E-state index >= 15 is 0 Å². The van der Waals surface area contributed by atoms with Crippen molar-refractivity contribution in [1.29, 1.82) is 0 Å². The molecule has 0 atom stereocenters. The third-order valence-electron chi connectivity index (χ3n) is 4.25. The molecule has 0 aromatic heterocycles. The Hall–Kier alpha value is -1.22. The van der Waals surface area contributed by atoms with Crippen LogP contribution in [0.5, 0.6) is 5.75 Å². The first-order chi connectivity index (χ1) is 10.2. The molecule has 0 saturated heterocycles. The van der Waals surface area contributed by atoms with Crippen molar-refractivity contribution in [2.75, 3.05) is 39.1 Å². The Labute approximate surface area is 129 Å². The highest BCUT2D eigenvalue weighted by molar-refractivity contribution is 5.48. The van der Waals surface area contributed by atoms with E-state index in [1.165, 1.54) is 44.2 Å². The summed E-state index contributed by atoms with van der Waals surface area (Å²) in [4.78, 5) is 2.13. The summed E-state index contributed by atoms with van der Waals surface area (Å²) < 4.78 is 5.77. The van der Waals surface area contributed by atoms with E-state index in [0.29, 0.717) is 0 Å². The van der Waals surface area contributed by atoms with Crippen molar-refractivity contribution in [3.05, 3.63) is 24.3 Å². The summed E-state index contributed by atoms with van der Waals surface area (Å²) >= 11 is 0. The summed E-state index contributed by atoms with van der Waals surface area (Å²) in [5, 5.41) is 3.54. The van der Waals surface area contributed by atoms with Gasteiger partial charge in [-0.05, 0) is 38.6 Å². The van der Waals surface area contributed by atoms with Crippen LogP contribution in [0.25, 0.3) is 0 Å². The molecular formula is C18H30N2O. The molecule has 1 aliphatic rings. The van der Waals surface area contributed by atoms with Gasteiger partial charge in [-0.1, -0.05) is 38.2 Å². The quantitative estimate of drug-likeness (QED) is 0.783. The van der Waals surface area contributed by atoms with Crippen molar-refractivity contribution in [3.8, 4) is 5.75 Å². The number of likely N-dealkylation sites (N-methyl/N-ethyl adjacent to an activating group) is 1. The van der Waals surface area contributed by atoms with Crippen molar-refractivity contribution >= 4 is 5.69 Å². The zero-order valence-corrected chi connectivity index (χ0v) is 13.6. The van der Waals surface area contributed by atoms with Crippen molar-refractivity contribution < 1.29 is 4.74 Å². The summed E-state index contributed by atoms with van der Waals surface area (Å²) in [7, 11) is 4.12. The Morgan fingerprint density at radius 2 is 2.00 bits per heavy atom. The molecule has 0 radical (unpaired) electrons. The van der Waals surface area contributed by atoms with Crippen molar-refractivity contribution in [2.24, 2.45) is 5.92 Å². The lowest BCUT2D eigenvalue weighted by atomic mass is 9.87. The standard InChI is InChI=1S/C18H30N2O/c1-20(2)13-14-21-18-10-6-9-17(15-18)19-12-11-16-7-4-3-5-8-16/h6,9-10,15-16,19H,3-5,7-8,11-14H2,1-2H3. The lowest BCUT2D eigenvalue weighted by molar-refractivity contribution is 0.261. The van der Waals surface area contributed by atoms with Gasteiger partial charge in [-0.2, -0.15) is 0 Å².